The van der Waals surface area contributed by atoms with Gasteiger partial charge >= 0.3 is 5.97 Å². The van der Waals surface area contributed by atoms with Gasteiger partial charge in [0, 0.05) is 12.5 Å². The summed E-state index contributed by atoms with van der Waals surface area (Å²) < 4.78 is 35.0. The summed E-state index contributed by atoms with van der Waals surface area (Å²) in [5.41, 5.74) is 1.90. The number of hydrogen-bond acceptors (Lipinski definition) is 5. The van der Waals surface area contributed by atoms with Crippen LogP contribution in [-0.4, -0.2) is 57.2 Å². The molecule has 1 aliphatic rings. The number of sulfonamides is 1. The van der Waals surface area contributed by atoms with Crippen molar-refractivity contribution in [2.75, 3.05) is 20.6 Å². The van der Waals surface area contributed by atoms with Crippen molar-refractivity contribution < 1.29 is 23.1 Å². The van der Waals surface area contributed by atoms with Gasteiger partial charge in [0.05, 0.1) is 17.1 Å². The van der Waals surface area contributed by atoms with Crippen molar-refractivity contribution in [3.8, 4) is 0 Å². The summed E-state index contributed by atoms with van der Waals surface area (Å²) in [6.45, 7) is 2.33. The van der Waals surface area contributed by atoms with E-state index in [0.29, 0.717) is 13.0 Å². The highest BCUT2D eigenvalue weighted by atomic mass is 32.2. The molecule has 3 aromatic rings. The maximum Gasteiger partial charge on any atom is 0.322 e. The van der Waals surface area contributed by atoms with Crippen LogP contribution in [0.1, 0.15) is 23.7 Å². The smallest absolute Gasteiger partial charge is 0.322 e. The first kappa shape index (κ1) is 24.3. The van der Waals surface area contributed by atoms with Gasteiger partial charge in [0.1, 0.15) is 6.04 Å². The van der Waals surface area contributed by atoms with Gasteiger partial charge in [-0.25, -0.2) is 8.42 Å². The van der Waals surface area contributed by atoms with Crippen LogP contribution in [-0.2, 0) is 19.6 Å². The average molecular weight is 483 g/mol. The van der Waals surface area contributed by atoms with Crippen molar-refractivity contribution in [1.82, 2.24) is 9.62 Å². The topological polar surface area (TPSA) is 95.9 Å². The molecule has 34 heavy (non-hydrogen) atoms. The van der Waals surface area contributed by atoms with E-state index in [9.17, 15) is 18.3 Å². The standard InChI is InChI=1S/C26H30N2O5S/c1-17-11-13-19(14-12-17)34(31,32)27-25(26(29)30)22-15-23(33-24(22)16-28(2)3)21-10-6-8-18-7-4-5-9-20(18)21/h4-14,22-25,27H,15-16H2,1-3H3,(H,29,30)/t22-,23?,24+,25?/m0/s1. The van der Waals surface area contributed by atoms with Gasteiger partial charge in [-0.05, 0) is 55.9 Å². The highest BCUT2D eigenvalue weighted by Crippen LogP contribution is 2.41. The molecule has 1 fully saturated rings. The number of carboxylic acids is 1. The van der Waals surface area contributed by atoms with Crippen molar-refractivity contribution in [3.05, 3.63) is 77.9 Å². The second-order valence-corrected chi connectivity index (χ2v) is 10.9. The minimum Gasteiger partial charge on any atom is -0.480 e. The Hall–Kier alpha value is -2.78. The lowest BCUT2D eigenvalue weighted by molar-refractivity contribution is -0.141. The number of nitrogens with one attached hydrogen (secondary N) is 1. The number of carbonyl (C=O) groups is 1. The molecule has 0 aromatic heterocycles. The minimum atomic E-state index is -4.03. The number of fused-ring (bicyclic) bond motifs is 1. The molecule has 0 saturated carbocycles. The van der Waals surface area contributed by atoms with Gasteiger partial charge in [-0.1, -0.05) is 60.2 Å². The molecule has 180 valence electrons. The summed E-state index contributed by atoms with van der Waals surface area (Å²) in [4.78, 5) is 14.3. The fraction of sp³-hybridized carbons (Fsp3) is 0.346. The van der Waals surface area contributed by atoms with Crippen molar-refractivity contribution in [1.29, 1.82) is 0 Å². The van der Waals surface area contributed by atoms with Crippen LogP contribution in [0.25, 0.3) is 10.8 Å². The van der Waals surface area contributed by atoms with E-state index in [4.69, 9.17) is 4.74 Å². The van der Waals surface area contributed by atoms with Crippen molar-refractivity contribution in [2.24, 2.45) is 5.92 Å². The van der Waals surface area contributed by atoms with Crippen molar-refractivity contribution >= 4 is 26.8 Å². The fourth-order valence-corrected chi connectivity index (χ4v) is 5.90. The van der Waals surface area contributed by atoms with Crippen molar-refractivity contribution in [2.45, 2.75) is 36.5 Å². The Morgan fingerprint density at radius 2 is 1.76 bits per heavy atom. The summed E-state index contributed by atoms with van der Waals surface area (Å²) in [6, 6.07) is 19.0. The first-order valence-corrected chi connectivity index (χ1v) is 12.7. The molecule has 1 heterocycles. The Labute approximate surface area is 200 Å². The Bertz CT molecular complexity index is 1270. The number of ether oxygens (including phenoxy) is 1. The quantitative estimate of drug-likeness (QED) is 0.510. The Balaban J connectivity index is 1.67. The zero-order valence-corrected chi connectivity index (χ0v) is 20.3. The minimum absolute atomic E-state index is 0.0398. The summed E-state index contributed by atoms with van der Waals surface area (Å²) in [7, 11) is -0.254. The molecule has 8 heteroatoms. The molecule has 0 radical (unpaired) electrons. The number of likely N-dealkylation sites (N-methyl/N-ethyl adjacent to an activating group) is 1. The highest BCUT2D eigenvalue weighted by molar-refractivity contribution is 7.89. The van der Waals surface area contributed by atoms with E-state index in [-0.39, 0.29) is 11.0 Å². The molecule has 0 spiro atoms. The van der Waals surface area contributed by atoms with Gasteiger partial charge in [-0.3, -0.25) is 4.79 Å². The monoisotopic (exact) mass is 482 g/mol. The second-order valence-electron chi connectivity index (χ2n) is 9.14. The Morgan fingerprint density at radius 1 is 1.09 bits per heavy atom. The fourth-order valence-electron chi connectivity index (χ4n) is 4.66. The molecule has 2 N–H and O–H groups in total. The molecular weight excluding hydrogens is 452 g/mol. The molecule has 0 amide bonds. The predicted octanol–water partition coefficient (Wildman–Crippen LogP) is 3.59. The van der Waals surface area contributed by atoms with E-state index in [1.807, 2.05) is 68.4 Å². The first-order valence-electron chi connectivity index (χ1n) is 11.3. The molecule has 1 saturated heterocycles. The molecule has 7 nitrogen and oxygen atoms in total. The number of benzene rings is 3. The number of rotatable bonds is 8. The second kappa shape index (κ2) is 9.84. The van der Waals surface area contributed by atoms with Crippen LogP contribution in [0.3, 0.4) is 0 Å². The summed E-state index contributed by atoms with van der Waals surface area (Å²) in [5.74, 6) is -1.77. The normalized spacial score (nSPS) is 21.7. The Kier molecular flexibility index (Phi) is 7.04. The average Bonchev–Trinajstić information content (AvgIpc) is 3.19. The molecule has 2 unspecified atom stereocenters. The van der Waals surface area contributed by atoms with E-state index in [0.717, 1.165) is 21.9 Å². The van der Waals surface area contributed by atoms with E-state index < -0.39 is 34.1 Å². The van der Waals surface area contributed by atoms with Gasteiger partial charge in [0.2, 0.25) is 10.0 Å². The number of aryl methyl sites for hydroxylation is 1. The highest BCUT2D eigenvalue weighted by Gasteiger charge is 2.45. The summed E-state index contributed by atoms with van der Waals surface area (Å²) in [5, 5.41) is 12.2. The zero-order chi connectivity index (χ0) is 24.5. The molecule has 0 bridgehead atoms. The third-order valence-corrected chi connectivity index (χ3v) is 7.78. The first-order chi connectivity index (χ1) is 16.2. The van der Waals surface area contributed by atoms with Gasteiger partial charge in [-0.2, -0.15) is 4.72 Å². The molecule has 4 rings (SSSR count). The van der Waals surface area contributed by atoms with Crippen LogP contribution in [0.5, 0.6) is 0 Å². The summed E-state index contributed by atoms with van der Waals surface area (Å²) in [6.07, 6.45) is -0.410. The SMILES string of the molecule is Cc1ccc(S(=O)(=O)NC(C(=O)O)[C@H]2CC(c3cccc4ccccc34)O[C@@H]2CN(C)C)cc1. The molecular formula is C26H30N2O5S. The van der Waals surface area contributed by atoms with E-state index in [2.05, 4.69) is 4.72 Å². The van der Waals surface area contributed by atoms with Crippen LogP contribution in [0.2, 0.25) is 0 Å². The summed E-state index contributed by atoms with van der Waals surface area (Å²) >= 11 is 0. The zero-order valence-electron chi connectivity index (χ0n) is 19.5. The Morgan fingerprint density at radius 3 is 2.44 bits per heavy atom. The number of aliphatic carboxylic acids is 1. The van der Waals surface area contributed by atoms with Crippen LogP contribution in [0.15, 0.2) is 71.6 Å². The lowest BCUT2D eigenvalue weighted by Gasteiger charge is -2.27. The van der Waals surface area contributed by atoms with E-state index in [1.165, 1.54) is 12.1 Å². The van der Waals surface area contributed by atoms with Crippen LogP contribution in [0, 0.1) is 12.8 Å². The maximum absolute atomic E-state index is 13.0. The van der Waals surface area contributed by atoms with Gasteiger partial charge in [-0.15, -0.1) is 0 Å². The largest absolute Gasteiger partial charge is 0.480 e. The van der Waals surface area contributed by atoms with Crippen LogP contribution < -0.4 is 4.72 Å². The van der Waals surface area contributed by atoms with Gasteiger partial charge in [0.25, 0.3) is 0 Å². The third kappa shape index (κ3) is 5.15. The molecule has 4 atom stereocenters. The van der Waals surface area contributed by atoms with Crippen molar-refractivity contribution in [3.63, 3.8) is 0 Å². The van der Waals surface area contributed by atoms with Crippen LogP contribution >= 0.6 is 0 Å². The van der Waals surface area contributed by atoms with E-state index >= 15 is 0 Å². The number of hydrogen-bond donors (Lipinski definition) is 2. The van der Waals surface area contributed by atoms with Crippen LogP contribution in [0.4, 0.5) is 0 Å². The third-order valence-electron chi connectivity index (χ3n) is 6.33. The molecule has 0 aliphatic carbocycles. The maximum atomic E-state index is 13.0. The molecule has 1 aliphatic heterocycles. The number of carboxylic acid groups (broad SMARTS) is 1. The van der Waals surface area contributed by atoms with Gasteiger partial charge < -0.3 is 14.7 Å². The number of nitrogens with zero attached hydrogens (tertiary/aromatic N) is 1. The molecule has 3 aromatic carbocycles. The predicted molar refractivity (Wildman–Crippen MR) is 131 cm³/mol. The lowest BCUT2D eigenvalue weighted by Crippen LogP contribution is -2.49. The van der Waals surface area contributed by atoms with E-state index in [1.54, 1.807) is 12.1 Å². The lowest BCUT2D eigenvalue weighted by atomic mass is 9.88. The van der Waals surface area contributed by atoms with Gasteiger partial charge in [0.15, 0.2) is 0 Å².